The fourth-order valence-electron chi connectivity index (χ4n) is 3.31. The minimum Gasteiger partial charge on any atom is -0.456 e. The van der Waals surface area contributed by atoms with Crippen LogP contribution in [0, 0.1) is 6.92 Å². The van der Waals surface area contributed by atoms with Crippen LogP contribution in [0.3, 0.4) is 0 Å². The van der Waals surface area contributed by atoms with E-state index in [-0.39, 0.29) is 5.97 Å². The number of epoxide rings is 1. The van der Waals surface area contributed by atoms with Crippen LogP contribution in [0.25, 0.3) is 16.6 Å². The van der Waals surface area contributed by atoms with Gasteiger partial charge in [-0.3, -0.25) is 0 Å². The number of halogens is 1. The summed E-state index contributed by atoms with van der Waals surface area (Å²) in [6.07, 6.45) is 1.77. The second-order valence-corrected chi connectivity index (χ2v) is 8.81. The zero-order valence-electron chi connectivity index (χ0n) is 17.7. The number of anilines is 1. The number of carbonyl (C=O) groups is 1. The van der Waals surface area contributed by atoms with Gasteiger partial charge in [-0.15, -0.1) is 0 Å². The molecule has 0 amide bonds. The Balaban J connectivity index is 1.67. The number of aromatic nitrogens is 2. The molecule has 0 saturated carbocycles. The predicted molar refractivity (Wildman–Crippen MR) is 114 cm³/mol. The fourth-order valence-corrected chi connectivity index (χ4v) is 3.31. The van der Waals surface area contributed by atoms with Crippen molar-refractivity contribution in [1.29, 1.82) is 0 Å². The smallest absolute Gasteiger partial charge is 0.338 e. The van der Waals surface area contributed by atoms with Crippen LogP contribution >= 0.6 is 0 Å². The van der Waals surface area contributed by atoms with Gasteiger partial charge >= 0.3 is 5.97 Å². The van der Waals surface area contributed by atoms with Crippen molar-refractivity contribution in [2.45, 2.75) is 38.9 Å². The highest BCUT2D eigenvalue weighted by Gasteiger charge is 2.45. The van der Waals surface area contributed by atoms with Gasteiger partial charge in [0.2, 0.25) is 0 Å². The number of carbonyl (C=O) groups excluding carboxylic acids is 1. The number of aryl methyl sites for hydroxylation is 1. The number of nitrogens with zero attached hydrogens (tertiary/aromatic N) is 2. The molecule has 1 aliphatic heterocycles. The van der Waals surface area contributed by atoms with Crippen LogP contribution in [0.5, 0.6) is 0 Å². The largest absolute Gasteiger partial charge is 0.456 e. The molecule has 6 nitrogen and oxygen atoms in total. The van der Waals surface area contributed by atoms with Crippen LogP contribution < -0.4 is 5.32 Å². The van der Waals surface area contributed by atoms with E-state index in [0.29, 0.717) is 18.7 Å². The molecule has 1 unspecified atom stereocenters. The van der Waals surface area contributed by atoms with Gasteiger partial charge in [0.05, 0.1) is 29.6 Å². The molecule has 1 N–H and O–H groups in total. The molecule has 1 aromatic heterocycles. The van der Waals surface area contributed by atoms with Crippen LogP contribution in [0.4, 0.5) is 10.1 Å². The summed E-state index contributed by atoms with van der Waals surface area (Å²) in [4.78, 5) is 12.5. The average molecular weight is 411 g/mol. The zero-order chi connectivity index (χ0) is 21.5. The van der Waals surface area contributed by atoms with Gasteiger partial charge in [-0.25, -0.2) is 13.9 Å². The number of ether oxygens (including phenoxy) is 2. The van der Waals surface area contributed by atoms with Crippen molar-refractivity contribution in [2.75, 3.05) is 25.1 Å². The Kier molecular flexibility index (Phi) is 5.02. The molecule has 0 aliphatic carbocycles. The molecule has 30 heavy (non-hydrogen) atoms. The van der Waals surface area contributed by atoms with Gasteiger partial charge in [-0.2, -0.15) is 5.10 Å². The Bertz CT molecular complexity index is 1100. The number of benzene rings is 2. The molecule has 0 bridgehead atoms. The molecule has 2 aromatic carbocycles. The molecule has 0 radical (unpaired) electrons. The highest BCUT2D eigenvalue weighted by molar-refractivity contribution is 5.94. The SMILES string of the molecule is Cc1cc(NCC2(CF)CO2)c2cnn(-c3cccc(C(=O)OC(C)(C)C)c3)c2c1. The van der Waals surface area contributed by atoms with Crippen molar-refractivity contribution in [1.82, 2.24) is 9.78 Å². The first-order chi connectivity index (χ1) is 14.2. The molecule has 3 aromatic rings. The van der Waals surface area contributed by atoms with Gasteiger partial charge in [0.15, 0.2) is 0 Å². The third-order valence-corrected chi connectivity index (χ3v) is 4.96. The third kappa shape index (κ3) is 4.16. The van der Waals surface area contributed by atoms with Crippen molar-refractivity contribution in [2.24, 2.45) is 0 Å². The number of alkyl halides is 1. The maximum atomic E-state index is 13.1. The van der Waals surface area contributed by atoms with E-state index in [0.717, 1.165) is 27.8 Å². The van der Waals surface area contributed by atoms with E-state index < -0.39 is 17.9 Å². The quantitative estimate of drug-likeness (QED) is 0.480. The summed E-state index contributed by atoms with van der Waals surface area (Å²) < 4.78 is 25.7. The lowest BCUT2D eigenvalue weighted by Crippen LogP contribution is -2.25. The Labute approximate surface area is 175 Å². The third-order valence-electron chi connectivity index (χ3n) is 4.96. The fraction of sp³-hybridized carbons (Fsp3) is 0.391. The maximum absolute atomic E-state index is 13.1. The summed E-state index contributed by atoms with van der Waals surface area (Å²) in [6.45, 7) is 7.85. The zero-order valence-corrected chi connectivity index (χ0v) is 17.7. The molecule has 158 valence electrons. The summed E-state index contributed by atoms with van der Waals surface area (Å²) >= 11 is 0. The molecule has 7 heteroatoms. The number of hydrogen-bond donors (Lipinski definition) is 1. The summed E-state index contributed by atoms with van der Waals surface area (Å²) in [7, 11) is 0. The monoisotopic (exact) mass is 411 g/mol. The first kappa shape index (κ1) is 20.3. The number of nitrogens with one attached hydrogen (secondary N) is 1. The first-order valence-corrected chi connectivity index (χ1v) is 9.96. The van der Waals surface area contributed by atoms with E-state index in [1.165, 1.54) is 0 Å². The average Bonchev–Trinajstić information content (AvgIpc) is 3.35. The van der Waals surface area contributed by atoms with Gasteiger partial charge < -0.3 is 14.8 Å². The lowest BCUT2D eigenvalue weighted by Gasteiger charge is -2.19. The summed E-state index contributed by atoms with van der Waals surface area (Å²) in [6, 6.07) is 11.3. The van der Waals surface area contributed by atoms with Gasteiger partial charge in [0.1, 0.15) is 17.9 Å². The molecule has 1 fully saturated rings. The number of rotatable bonds is 6. The van der Waals surface area contributed by atoms with Crippen molar-refractivity contribution in [3.05, 3.63) is 53.7 Å². The first-order valence-electron chi connectivity index (χ1n) is 9.96. The molecule has 1 saturated heterocycles. The normalized spacial score (nSPS) is 18.4. The van der Waals surface area contributed by atoms with Crippen LogP contribution in [-0.4, -0.2) is 46.8 Å². The van der Waals surface area contributed by atoms with E-state index in [1.54, 1.807) is 23.0 Å². The molecule has 1 aliphatic rings. The topological polar surface area (TPSA) is 68.7 Å². The molecular weight excluding hydrogens is 385 g/mol. The Morgan fingerprint density at radius 1 is 1.33 bits per heavy atom. The second kappa shape index (κ2) is 7.40. The number of hydrogen-bond acceptors (Lipinski definition) is 5. The van der Waals surface area contributed by atoms with E-state index in [4.69, 9.17) is 9.47 Å². The van der Waals surface area contributed by atoms with Crippen molar-refractivity contribution in [3.8, 4) is 5.69 Å². The van der Waals surface area contributed by atoms with Gasteiger partial charge in [-0.05, 0) is 63.6 Å². The van der Waals surface area contributed by atoms with Gasteiger partial charge in [0, 0.05) is 17.6 Å². The second-order valence-electron chi connectivity index (χ2n) is 8.81. The van der Waals surface area contributed by atoms with Gasteiger partial charge in [-0.1, -0.05) is 6.07 Å². The Hall–Kier alpha value is -2.93. The van der Waals surface area contributed by atoms with Crippen LogP contribution in [0.2, 0.25) is 0 Å². The van der Waals surface area contributed by atoms with E-state index >= 15 is 0 Å². The standard InChI is InChI=1S/C23H26FN3O3/c1-15-8-19(25-13-23(12-24)14-29-23)18-11-26-27(20(18)9-15)17-7-5-6-16(10-17)21(28)30-22(2,3)4/h5-11,25H,12-14H2,1-4H3. The summed E-state index contributed by atoms with van der Waals surface area (Å²) in [5.74, 6) is -0.375. The summed E-state index contributed by atoms with van der Waals surface area (Å²) in [5.41, 5.74) is 2.77. The Morgan fingerprint density at radius 3 is 2.77 bits per heavy atom. The molecule has 1 atom stereocenters. The minimum atomic E-state index is -0.701. The molecule has 4 rings (SSSR count). The minimum absolute atomic E-state index is 0.375. The highest BCUT2D eigenvalue weighted by atomic mass is 19.1. The van der Waals surface area contributed by atoms with Crippen molar-refractivity contribution < 1.29 is 18.7 Å². The highest BCUT2D eigenvalue weighted by Crippen LogP contribution is 2.31. The summed E-state index contributed by atoms with van der Waals surface area (Å²) in [5, 5.41) is 8.77. The van der Waals surface area contributed by atoms with Crippen LogP contribution in [-0.2, 0) is 9.47 Å². The van der Waals surface area contributed by atoms with Crippen LogP contribution in [0.1, 0.15) is 36.7 Å². The maximum Gasteiger partial charge on any atom is 0.338 e. The molecule has 2 heterocycles. The lowest BCUT2D eigenvalue weighted by atomic mass is 10.1. The lowest BCUT2D eigenvalue weighted by molar-refractivity contribution is 0.00695. The Morgan fingerprint density at radius 2 is 2.10 bits per heavy atom. The van der Waals surface area contributed by atoms with Crippen molar-refractivity contribution in [3.63, 3.8) is 0 Å². The van der Waals surface area contributed by atoms with Gasteiger partial charge in [0.25, 0.3) is 0 Å². The van der Waals surface area contributed by atoms with E-state index in [2.05, 4.69) is 10.4 Å². The van der Waals surface area contributed by atoms with Crippen LogP contribution in [0.15, 0.2) is 42.6 Å². The number of fused-ring (bicyclic) bond motifs is 1. The number of esters is 1. The van der Waals surface area contributed by atoms with Crippen molar-refractivity contribution >= 4 is 22.6 Å². The van der Waals surface area contributed by atoms with E-state index in [1.807, 2.05) is 52.0 Å². The molecular formula is C23H26FN3O3. The van der Waals surface area contributed by atoms with E-state index in [9.17, 15) is 9.18 Å². The molecule has 0 spiro atoms. The predicted octanol–water partition coefficient (Wildman–Crippen LogP) is 4.44.